The number of carbonyl (C=O) groups is 1. The third-order valence-electron chi connectivity index (χ3n) is 6.53. The van der Waals surface area contributed by atoms with Crippen LogP contribution in [0, 0.1) is 25.7 Å². The normalized spacial score (nSPS) is 16.8. The van der Waals surface area contributed by atoms with Crippen LogP contribution in [0.1, 0.15) is 38.2 Å². The lowest BCUT2D eigenvalue weighted by atomic mass is 10.0. The van der Waals surface area contributed by atoms with Gasteiger partial charge in [-0.2, -0.15) is 9.48 Å². The molecule has 1 unspecified atom stereocenters. The van der Waals surface area contributed by atoms with Crippen molar-refractivity contribution >= 4 is 29.2 Å². The molecule has 1 amide bonds. The number of carbonyl (C=O) groups excluding carboxylic acids is 1. The molecule has 0 N–H and O–H groups in total. The molecule has 1 atom stereocenters. The first kappa shape index (κ1) is 23.2. The molecular formula is C32H26N3O+. The van der Waals surface area contributed by atoms with Crippen molar-refractivity contribution in [3.8, 4) is 11.8 Å². The summed E-state index contributed by atoms with van der Waals surface area (Å²) in [5, 5.41) is 0. The van der Waals surface area contributed by atoms with Gasteiger partial charge in [0.25, 0.3) is 0 Å². The molecule has 36 heavy (non-hydrogen) atoms. The molecule has 3 aromatic carbocycles. The van der Waals surface area contributed by atoms with Crippen molar-refractivity contribution in [3.05, 3.63) is 131 Å². The number of para-hydroxylation sites is 1. The average Bonchev–Trinajstić information content (AvgIpc) is 2.90. The predicted octanol–water partition coefficient (Wildman–Crippen LogP) is 6.63. The van der Waals surface area contributed by atoms with Gasteiger partial charge in [0.05, 0.1) is 12.7 Å². The van der Waals surface area contributed by atoms with E-state index < -0.39 is 0 Å². The van der Waals surface area contributed by atoms with E-state index in [0.717, 1.165) is 27.9 Å². The van der Waals surface area contributed by atoms with Gasteiger partial charge in [-0.25, -0.2) is 4.79 Å². The number of amides is 1. The molecule has 4 aromatic rings. The van der Waals surface area contributed by atoms with Gasteiger partial charge in [-0.05, 0) is 67.4 Å². The van der Waals surface area contributed by atoms with Gasteiger partial charge >= 0.3 is 5.91 Å². The van der Waals surface area contributed by atoms with E-state index in [1.807, 2.05) is 92.9 Å². The van der Waals surface area contributed by atoms with E-state index in [-0.39, 0.29) is 10.4 Å². The molecule has 0 spiro atoms. The zero-order valence-electron chi connectivity index (χ0n) is 20.6. The van der Waals surface area contributed by atoms with Crippen molar-refractivity contribution in [2.75, 3.05) is 7.05 Å². The Bertz CT molecular complexity index is 1590. The van der Waals surface area contributed by atoms with Crippen molar-refractivity contribution in [3.63, 3.8) is 0 Å². The fourth-order valence-electron chi connectivity index (χ4n) is 4.49. The Labute approximate surface area is 211 Å². The van der Waals surface area contributed by atoms with Crippen LogP contribution in [0.4, 0.5) is 11.4 Å². The Morgan fingerprint density at radius 3 is 2.36 bits per heavy atom. The van der Waals surface area contributed by atoms with Crippen LogP contribution in [-0.2, 0) is 0 Å². The van der Waals surface area contributed by atoms with Gasteiger partial charge in [0.1, 0.15) is 11.3 Å². The molecular weight excluding hydrogens is 442 g/mol. The maximum atomic E-state index is 14.0. The molecule has 4 heteroatoms. The highest BCUT2D eigenvalue weighted by molar-refractivity contribution is 6.25. The molecule has 0 fully saturated rings. The quantitative estimate of drug-likeness (QED) is 0.250. The van der Waals surface area contributed by atoms with Gasteiger partial charge in [-0.1, -0.05) is 48.2 Å². The lowest BCUT2D eigenvalue weighted by Crippen LogP contribution is -2.56. The van der Waals surface area contributed by atoms with Crippen molar-refractivity contribution in [1.29, 1.82) is 0 Å². The fraction of sp³-hybridized carbons (Fsp3) is 0.0938. The van der Waals surface area contributed by atoms with E-state index in [9.17, 15) is 4.79 Å². The summed E-state index contributed by atoms with van der Waals surface area (Å²) in [6, 6.07) is 25.5. The summed E-state index contributed by atoms with van der Waals surface area (Å²) in [4.78, 5) is 23.1. The summed E-state index contributed by atoms with van der Waals surface area (Å²) >= 11 is 0. The van der Waals surface area contributed by atoms with Gasteiger partial charge < -0.3 is 0 Å². The fourth-order valence-corrected chi connectivity index (χ4v) is 4.49. The molecule has 0 saturated carbocycles. The van der Waals surface area contributed by atoms with Crippen LogP contribution in [0.25, 0.3) is 6.08 Å². The predicted molar refractivity (Wildman–Crippen MR) is 147 cm³/mol. The molecule has 2 heterocycles. The van der Waals surface area contributed by atoms with Crippen LogP contribution in [0.2, 0.25) is 0 Å². The Morgan fingerprint density at radius 1 is 0.806 bits per heavy atom. The molecule has 1 aliphatic rings. The molecule has 4 nitrogen and oxygen atoms in total. The lowest BCUT2D eigenvalue weighted by molar-refractivity contribution is 0.0871. The first-order chi connectivity index (χ1) is 17.5. The number of aromatic nitrogens is 1. The Hall–Kier alpha value is -4.59. The first-order valence-electron chi connectivity index (χ1n) is 11.8. The highest BCUT2D eigenvalue weighted by Crippen LogP contribution is 2.37. The third kappa shape index (κ3) is 4.29. The van der Waals surface area contributed by atoms with Gasteiger partial charge in [-0.3, -0.25) is 4.98 Å². The van der Waals surface area contributed by atoms with Crippen LogP contribution in [0.3, 0.4) is 0 Å². The summed E-state index contributed by atoms with van der Waals surface area (Å²) in [5.74, 6) is 7.02. The van der Waals surface area contributed by atoms with Crippen LogP contribution >= 0.6 is 0 Å². The summed E-state index contributed by atoms with van der Waals surface area (Å²) in [5.41, 5.74) is 7.15. The number of hydrogen-bond donors (Lipinski definition) is 0. The summed E-state index contributed by atoms with van der Waals surface area (Å²) in [7, 11) is 1.92. The van der Waals surface area contributed by atoms with Gasteiger partial charge in [0.15, 0.2) is 0 Å². The SMILES string of the molecule is Cc1ccccc1C=CC1=Nc2ccccc2C(=O)[N+]1(C)c1ccc(C#Cc2cccnc2)cc1C. The van der Waals surface area contributed by atoms with Gasteiger partial charge in [-0.15, -0.1) is 0 Å². The number of likely N-dealkylation sites (N-methyl/N-ethyl adjacent to an activating group) is 1. The van der Waals surface area contributed by atoms with E-state index in [0.29, 0.717) is 17.1 Å². The van der Waals surface area contributed by atoms with E-state index in [4.69, 9.17) is 4.99 Å². The minimum Gasteiger partial charge on any atom is -0.263 e. The molecule has 5 rings (SSSR count). The number of pyridine rings is 1. The zero-order valence-corrected chi connectivity index (χ0v) is 20.6. The summed E-state index contributed by atoms with van der Waals surface area (Å²) in [6.07, 6.45) is 7.48. The molecule has 1 aromatic heterocycles. The molecule has 0 radical (unpaired) electrons. The largest absolute Gasteiger partial charge is 0.359 e. The van der Waals surface area contributed by atoms with Crippen molar-refractivity contribution in [2.45, 2.75) is 13.8 Å². The van der Waals surface area contributed by atoms with Crippen LogP contribution in [-0.4, -0.2) is 23.8 Å². The van der Waals surface area contributed by atoms with E-state index >= 15 is 0 Å². The van der Waals surface area contributed by atoms with Gasteiger partial charge in [0, 0.05) is 41.2 Å². The third-order valence-corrected chi connectivity index (χ3v) is 6.53. The molecule has 1 aliphatic heterocycles. The first-order valence-corrected chi connectivity index (χ1v) is 11.8. The van der Waals surface area contributed by atoms with Crippen LogP contribution in [0.15, 0.2) is 102 Å². The number of quaternary nitrogens is 1. The van der Waals surface area contributed by atoms with Gasteiger partial charge in [0.2, 0.25) is 5.84 Å². The Balaban J connectivity index is 1.60. The highest BCUT2D eigenvalue weighted by Gasteiger charge is 2.45. The maximum absolute atomic E-state index is 14.0. The molecule has 0 bridgehead atoms. The number of rotatable bonds is 3. The van der Waals surface area contributed by atoms with E-state index in [1.54, 1.807) is 12.4 Å². The number of benzene rings is 3. The van der Waals surface area contributed by atoms with Crippen LogP contribution in [0.5, 0.6) is 0 Å². The number of aryl methyl sites for hydroxylation is 2. The number of aliphatic imine (C=N–C) groups is 1. The minimum absolute atomic E-state index is 0.0117. The number of hydrogen-bond acceptors (Lipinski definition) is 3. The molecule has 174 valence electrons. The second kappa shape index (κ2) is 9.58. The number of amidine groups is 1. The van der Waals surface area contributed by atoms with Crippen molar-refractivity contribution in [1.82, 2.24) is 9.47 Å². The zero-order chi connectivity index (χ0) is 25.1. The summed E-state index contributed by atoms with van der Waals surface area (Å²) < 4.78 is -0.0540. The Morgan fingerprint density at radius 2 is 1.58 bits per heavy atom. The second-order valence-electron chi connectivity index (χ2n) is 8.98. The Kier molecular flexibility index (Phi) is 6.16. The number of nitrogens with zero attached hydrogens (tertiary/aromatic N) is 3. The molecule has 0 saturated heterocycles. The highest BCUT2D eigenvalue weighted by atomic mass is 16.2. The lowest BCUT2D eigenvalue weighted by Gasteiger charge is -2.34. The van der Waals surface area contributed by atoms with E-state index in [2.05, 4.69) is 35.9 Å². The maximum Gasteiger partial charge on any atom is 0.359 e. The average molecular weight is 469 g/mol. The second-order valence-corrected chi connectivity index (χ2v) is 8.98. The van der Waals surface area contributed by atoms with Crippen molar-refractivity contribution < 1.29 is 4.79 Å². The van der Waals surface area contributed by atoms with Crippen LogP contribution < -0.4 is 4.48 Å². The van der Waals surface area contributed by atoms with E-state index in [1.165, 1.54) is 5.56 Å². The monoisotopic (exact) mass is 468 g/mol. The minimum atomic E-state index is -0.0540. The summed E-state index contributed by atoms with van der Waals surface area (Å²) in [6.45, 7) is 4.09. The topological polar surface area (TPSA) is 42.3 Å². The molecule has 0 aliphatic carbocycles. The number of fused-ring (bicyclic) bond motifs is 1. The van der Waals surface area contributed by atoms with Crippen molar-refractivity contribution in [2.24, 2.45) is 4.99 Å². The smallest absolute Gasteiger partial charge is 0.263 e. The standard InChI is InChI=1S/C32H26N3O/c1-23-9-4-5-11-27(23)17-19-31-34-29-13-7-6-12-28(29)32(36)35(31,3)30-18-16-25(21-24(30)2)14-15-26-10-8-20-33-22-26/h4-13,16-22H,1-3H3/q+1.